The Morgan fingerprint density at radius 3 is 2.35 bits per heavy atom. The molecule has 1 rings (SSSR count). The minimum atomic E-state index is -0.726. The number of carbonyl (C=O) groups excluding carboxylic acids is 2. The third-order valence-electron chi connectivity index (χ3n) is 2.36. The van der Waals surface area contributed by atoms with Crippen molar-refractivity contribution in [1.82, 2.24) is 5.32 Å². The van der Waals surface area contributed by atoms with Gasteiger partial charge >= 0.3 is 0 Å². The first kappa shape index (κ1) is 13.2. The van der Waals surface area contributed by atoms with Gasteiger partial charge in [-0.05, 0) is 12.5 Å². The van der Waals surface area contributed by atoms with Crippen LogP contribution in [0.1, 0.15) is 12.5 Å². The van der Waals surface area contributed by atoms with E-state index in [1.807, 2.05) is 30.3 Å². The van der Waals surface area contributed by atoms with Crippen LogP contribution in [0.3, 0.4) is 0 Å². The molecule has 0 heterocycles. The van der Waals surface area contributed by atoms with Crippen LogP contribution in [0.25, 0.3) is 0 Å². The second-order valence-corrected chi connectivity index (χ2v) is 3.94. The number of carbonyl (C=O) groups is 2. The van der Waals surface area contributed by atoms with E-state index in [9.17, 15) is 9.59 Å². The number of primary amides is 1. The number of nitrogens with one attached hydrogen (secondary N) is 1. The third kappa shape index (κ3) is 4.24. The summed E-state index contributed by atoms with van der Waals surface area (Å²) < 4.78 is 0. The van der Waals surface area contributed by atoms with E-state index in [2.05, 4.69) is 5.32 Å². The summed E-state index contributed by atoms with van der Waals surface area (Å²) in [5.74, 6) is -0.951. The summed E-state index contributed by atoms with van der Waals surface area (Å²) >= 11 is 0. The molecular formula is C12H17N3O2. The van der Waals surface area contributed by atoms with Crippen molar-refractivity contribution in [2.24, 2.45) is 11.5 Å². The highest BCUT2D eigenvalue weighted by Crippen LogP contribution is 2.03. The molecule has 1 aromatic rings. The Hall–Kier alpha value is -1.88. The first-order chi connectivity index (χ1) is 8.00. The van der Waals surface area contributed by atoms with Gasteiger partial charge in [0.25, 0.3) is 0 Å². The fourth-order valence-electron chi connectivity index (χ4n) is 1.38. The molecule has 5 heteroatoms. The lowest BCUT2D eigenvalue weighted by atomic mass is 10.1. The van der Waals surface area contributed by atoms with E-state index in [4.69, 9.17) is 11.5 Å². The van der Waals surface area contributed by atoms with E-state index >= 15 is 0 Å². The Bertz CT molecular complexity index is 390. The average molecular weight is 235 g/mol. The van der Waals surface area contributed by atoms with Gasteiger partial charge in [0.15, 0.2) is 0 Å². The van der Waals surface area contributed by atoms with Crippen LogP contribution in [-0.4, -0.2) is 23.9 Å². The molecule has 1 aromatic carbocycles. The van der Waals surface area contributed by atoms with Crippen LogP contribution >= 0.6 is 0 Å². The molecule has 0 aliphatic heterocycles. The van der Waals surface area contributed by atoms with Crippen molar-refractivity contribution >= 4 is 11.8 Å². The quantitative estimate of drug-likeness (QED) is 0.644. The molecule has 5 N–H and O–H groups in total. The molecule has 0 bridgehead atoms. The topological polar surface area (TPSA) is 98.2 Å². The lowest BCUT2D eigenvalue weighted by Crippen LogP contribution is -2.50. The predicted molar refractivity (Wildman–Crippen MR) is 64.9 cm³/mol. The number of hydrogen-bond donors (Lipinski definition) is 3. The number of nitrogens with two attached hydrogens (primary N) is 2. The summed E-state index contributed by atoms with van der Waals surface area (Å²) in [5, 5.41) is 2.53. The predicted octanol–water partition coefficient (Wildman–Crippen LogP) is -0.454. The first-order valence-corrected chi connectivity index (χ1v) is 5.40. The molecule has 0 saturated heterocycles. The van der Waals surface area contributed by atoms with Crippen LogP contribution in [0.15, 0.2) is 30.3 Å². The van der Waals surface area contributed by atoms with Gasteiger partial charge in [-0.2, -0.15) is 0 Å². The molecule has 2 atom stereocenters. The SMILES string of the molecule is C[C@@H](N)C(=O)N[C@@H](Cc1ccccc1)C(N)=O. The molecule has 0 spiro atoms. The molecule has 0 aliphatic rings. The second-order valence-electron chi connectivity index (χ2n) is 3.94. The highest BCUT2D eigenvalue weighted by molar-refractivity contribution is 5.88. The van der Waals surface area contributed by atoms with Crippen molar-refractivity contribution in [3.63, 3.8) is 0 Å². The van der Waals surface area contributed by atoms with Crippen molar-refractivity contribution < 1.29 is 9.59 Å². The fraction of sp³-hybridized carbons (Fsp3) is 0.333. The van der Waals surface area contributed by atoms with Gasteiger partial charge in [0.05, 0.1) is 6.04 Å². The smallest absolute Gasteiger partial charge is 0.240 e. The maximum absolute atomic E-state index is 11.4. The summed E-state index contributed by atoms with van der Waals surface area (Å²) in [4.78, 5) is 22.6. The molecule has 92 valence electrons. The van der Waals surface area contributed by atoms with Crippen molar-refractivity contribution in [2.45, 2.75) is 25.4 Å². The molecule has 17 heavy (non-hydrogen) atoms. The van der Waals surface area contributed by atoms with Gasteiger partial charge in [-0.3, -0.25) is 9.59 Å². The summed E-state index contributed by atoms with van der Waals surface area (Å²) in [7, 11) is 0. The van der Waals surface area contributed by atoms with Crippen LogP contribution in [0.2, 0.25) is 0 Å². The molecule has 0 saturated carbocycles. The van der Waals surface area contributed by atoms with Gasteiger partial charge in [-0.1, -0.05) is 30.3 Å². The minimum absolute atomic E-state index is 0.370. The van der Waals surface area contributed by atoms with Crippen molar-refractivity contribution in [3.8, 4) is 0 Å². The van der Waals surface area contributed by atoms with Gasteiger partial charge in [0.1, 0.15) is 6.04 Å². The molecule has 0 aromatic heterocycles. The standard InChI is InChI=1S/C12H17N3O2/c1-8(13)12(17)15-10(11(14)16)7-9-5-3-2-4-6-9/h2-6,8,10H,7,13H2,1H3,(H2,14,16)(H,15,17)/t8-,10+/m1/s1. The van der Waals surface area contributed by atoms with E-state index in [-0.39, 0.29) is 5.91 Å². The van der Waals surface area contributed by atoms with Crippen molar-refractivity contribution in [1.29, 1.82) is 0 Å². The van der Waals surface area contributed by atoms with E-state index in [1.54, 1.807) is 6.92 Å². The molecule has 0 radical (unpaired) electrons. The van der Waals surface area contributed by atoms with Crippen LogP contribution in [0.4, 0.5) is 0 Å². The third-order valence-corrected chi connectivity index (χ3v) is 2.36. The maximum atomic E-state index is 11.4. The zero-order chi connectivity index (χ0) is 12.8. The van der Waals surface area contributed by atoms with Crippen LogP contribution < -0.4 is 16.8 Å². The van der Waals surface area contributed by atoms with Crippen LogP contribution in [-0.2, 0) is 16.0 Å². The Balaban J connectivity index is 2.68. The Morgan fingerprint density at radius 1 is 1.29 bits per heavy atom. The number of hydrogen-bond acceptors (Lipinski definition) is 3. The average Bonchev–Trinajstić information content (AvgIpc) is 2.29. The molecule has 0 aliphatic carbocycles. The van der Waals surface area contributed by atoms with Crippen LogP contribution in [0, 0.1) is 0 Å². The van der Waals surface area contributed by atoms with E-state index in [0.717, 1.165) is 5.56 Å². The zero-order valence-corrected chi connectivity index (χ0v) is 9.72. The summed E-state index contributed by atoms with van der Waals surface area (Å²) in [6, 6.07) is 7.95. The molecular weight excluding hydrogens is 218 g/mol. The largest absolute Gasteiger partial charge is 0.368 e. The van der Waals surface area contributed by atoms with Gasteiger partial charge in [0, 0.05) is 6.42 Å². The number of amides is 2. The first-order valence-electron chi connectivity index (χ1n) is 5.40. The highest BCUT2D eigenvalue weighted by atomic mass is 16.2. The summed E-state index contributed by atoms with van der Waals surface area (Å²) in [6.07, 6.45) is 0.370. The second kappa shape index (κ2) is 6.00. The van der Waals surface area contributed by atoms with Gasteiger partial charge in [-0.15, -0.1) is 0 Å². The van der Waals surface area contributed by atoms with E-state index in [1.165, 1.54) is 0 Å². The van der Waals surface area contributed by atoms with Gasteiger partial charge in [-0.25, -0.2) is 0 Å². The van der Waals surface area contributed by atoms with E-state index in [0.29, 0.717) is 6.42 Å². The Morgan fingerprint density at radius 2 is 1.88 bits per heavy atom. The minimum Gasteiger partial charge on any atom is -0.368 e. The normalized spacial score (nSPS) is 13.8. The Kier molecular flexibility index (Phi) is 4.66. The van der Waals surface area contributed by atoms with Gasteiger partial charge < -0.3 is 16.8 Å². The van der Waals surface area contributed by atoms with E-state index < -0.39 is 18.0 Å². The van der Waals surface area contributed by atoms with Crippen molar-refractivity contribution in [2.75, 3.05) is 0 Å². The maximum Gasteiger partial charge on any atom is 0.240 e. The number of rotatable bonds is 5. The van der Waals surface area contributed by atoms with Gasteiger partial charge in [0.2, 0.25) is 11.8 Å². The molecule has 2 amide bonds. The summed E-state index contributed by atoms with van der Waals surface area (Å²) in [6.45, 7) is 1.55. The summed E-state index contributed by atoms with van der Waals surface area (Å²) in [5.41, 5.74) is 11.6. The zero-order valence-electron chi connectivity index (χ0n) is 9.72. The monoisotopic (exact) mass is 235 g/mol. The Labute approximate surface area is 100 Å². The highest BCUT2D eigenvalue weighted by Gasteiger charge is 2.19. The molecule has 5 nitrogen and oxygen atoms in total. The lowest BCUT2D eigenvalue weighted by molar-refractivity contribution is -0.127. The fourth-order valence-corrected chi connectivity index (χ4v) is 1.38. The number of benzene rings is 1. The molecule has 0 fully saturated rings. The lowest BCUT2D eigenvalue weighted by Gasteiger charge is -2.16. The molecule has 0 unspecified atom stereocenters. The van der Waals surface area contributed by atoms with Crippen molar-refractivity contribution in [3.05, 3.63) is 35.9 Å². The van der Waals surface area contributed by atoms with Crippen LogP contribution in [0.5, 0.6) is 0 Å².